The average molecular weight is 377 g/mol. The third kappa shape index (κ3) is 3.40. The number of hydrogen-bond acceptors (Lipinski definition) is 4. The second kappa shape index (κ2) is 7.57. The van der Waals surface area contributed by atoms with Gasteiger partial charge in [-0.1, -0.05) is 24.3 Å². The van der Waals surface area contributed by atoms with Gasteiger partial charge in [0.05, 0.1) is 0 Å². The van der Waals surface area contributed by atoms with Crippen LogP contribution in [0.15, 0.2) is 42.5 Å². The fourth-order valence-electron chi connectivity index (χ4n) is 4.79. The fraction of sp³-hybridized carbons (Fsp3) is 0.435. The van der Waals surface area contributed by atoms with Crippen LogP contribution in [0.4, 0.5) is 5.69 Å². The highest BCUT2D eigenvalue weighted by atomic mass is 16.1. The monoisotopic (exact) mass is 376 g/mol. The molecule has 2 saturated heterocycles. The Bertz CT molecular complexity index is 849. The topological polar surface area (TPSA) is 47.6 Å². The molecule has 2 aromatic rings. The summed E-state index contributed by atoms with van der Waals surface area (Å²) in [6.45, 7) is 7.56. The molecule has 5 nitrogen and oxygen atoms in total. The van der Waals surface area contributed by atoms with Crippen molar-refractivity contribution in [1.82, 2.24) is 15.5 Å². The number of rotatable bonds is 3. The maximum absolute atomic E-state index is 11.9. The van der Waals surface area contributed by atoms with E-state index in [2.05, 4.69) is 56.8 Å². The molecule has 0 unspecified atom stereocenters. The van der Waals surface area contributed by atoms with E-state index in [0.29, 0.717) is 6.54 Å². The Balaban J connectivity index is 1.25. The summed E-state index contributed by atoms with van der Waals surface area (Å²) in [7, 11) is 0. The van der Waals surface area contributed by atoms with Crippen molar-refractivity contribution in [2.24, 2.45) is 0 Å². The van der Waals surface area contributed by atoms with Crippen LogP contribution in [0.3, 0.4) is 0 Å². The van der Waals surface area contributed by atoms with Crippen molar-refractivity contribution in [3.05, 3.63) is 53.6 Å². The number of piperazine rings is 1. The second-order valence-electron chi connectivity index (χ2n) is 8.11. The zero-order valence-electron chi connectivity index (χ0n) is 16.3. The zero-order valence-corrected chi connectivity index (χ0v) is 16.3. The van der Waals surface area contributed by atoms with E-state index in [9.17, 15) is 4.79 Å². The molecule has 0 atom stereocenters. The smallest absolute Gasteiger partial charge is 0.251 e. The second-order valence-corrected chi connectivity index (χ2v) is 8.11. The van der Waals surface area contributed by atoms with Crippen LogP contribution in [0, 0.1) is 0 Å². The summed E-state index contributed by atoms with van der Waals surface area (Å²) in [5.41, 5.74) is 5.50. The number of carbonyl (C=O) groups excluding carboxylic acids is 1. The van der Waals surface area contributed by atoms with E-state index >= 15 is 0 Å². The van der Waals surface area contributed by atoms with Gasteiger partial charge in [0.15, 0.2) is 0 Å². The van der Waals surface area contributed by atoms with Crippen LogP contribution in [-0.4, -0.2) is 56.1 Å². The van der Waals surface area contributed by atoms with Crippen molar-refractivity contribution in [2.75, 3.05) is 44.2 Å². The Morgan fingerprint density at radius 3 is 2.32 bits per heavy atom. The Labute approximate surface area is 166 Å². The minimum absolute atomic E-state index is 0.0424. The van der Waals surface area contributed by atoms with Gasteiger partial charge in [0, 0.05) is 63.1 Å². The first-order chi connectivity index (χ1) is 13.8. The van der Waals surface area contributed by atoms with E-state index in [0.717, 1.165) is 48.9 Å². The van der Waals surface area contributed by atoms with Gasteiger partial charge >= 0.3 is 0 Å². The van der Waals surface area contributed by atoms with Gasteiger partial charge in [0.25, 0.3) is 5.91 Å². The molecule has 5 heteroatoms. The maximum atomic E-state index is 11.9. The van der Waals surface area contributed by atoms with Crippen molar-refractivity contribution in [1.29, 1.82) is 0 Å². The van der Waals surface area contributed by atoms with Crippen LogP contribution in [0.2, 0.25) is 0 Å². The molecule has 1 amide bonds. The highest BCUT2D eigenvalue weighted by Gasteiger charge is 2.25. The summed E-state index contributed by atoms with van der Waals surface area (Å²) in [4.78, 5) is 17.1. The van der Waals surface area contributed by atoms with Gasteiger partial charge in [-0.05, 0) is 47.7 Å². The standard InChI is InChI=1S/C23H28N4O/c28-23-22-15-18(1-2-19(22)16-25-23)17-3-5-20(6-4-17)26-11-7-21(8-12-26)27-13-9-24-10-14-27/h1-6,15,21,24H,7-14,16H2,(H,25,28). The van der Waals surface area contributed by atoms with Gasteiger partial charge in [-0.3, -0.25) is 9.69 Å². The predicted molar refractivity (Wildman–Crippen MR) is 113 cm³/mol. The summed E-state index contributed by atoms with van der Waals surface area (Å²) in [6, 6.07) is 15.8. The van der Waals surface area contributed by atoms with E-state index < -0.39 is 0 Å². The number of carbonyl (C=O) groups is 1. The molecule has 146 valence electrons. The van der Waals surface area contributed by atoms with Crippen molar-refractivity contribution in [2.45, 2.75) is 25.4 Å². The summed E-state index contributed by atoms with van der Waals surface area (Å²) >= 11 is 0. The molecule has 2 aromatic carbocycles. The Morgan fingerprint density at radius 2 is 1.57 bits per heavy atom. The fourth-order valence-corrected chi connectivity index (χ4v) is 4.79. The largest absolute Gasteiger partial charge is 0.371 e. The lowest BCUT2D eigenvalue weighted by atomic mass is 9.99. The van der Waals surface area contributed by atoms with Crippen LogP contribution in [0.25, 0.3) is 11.1 Å². The Morgan fingerprint density at radius 1 is 0.857 bits per heavy atom. The molecule has 0 aliphatic carbocycles. The first-order valence-corrected chi connectivity index (χ1v) is 10.5. The number of anilines is 1. The molecule has 3 aliphatic rings. The molecule has 0 saturated carbocycles. The minimum atomic E-state index is 0.0424. The highest BCUT2D eigenvalue weighted by Crippen LogP contribution is 2.28. The molecular formula is C23H28N4O. The average Bonchev–Trinajstić information content (AvgIpc) is 3.15. The Kier molecular flexibility index (Phi) is 4.79. The van der Waals surface area contributed by atoms with Crippen LogP contribution in [0.5, 0.6) is 0 Å². The molecule has 0 aromatic heterocycles. The number of benzene rings is 2. The van der Waals surface area contributed by atoms with Crippen molar-refractivity contribution < 1.29 is 4.79 Å². The van der Waals surface area contributed by atoms with E-state index in [4.69, 9.17) is 0 Å². The lowest BCUT2D eigenvalue weighted by Crippen LogP contribution is -2.52. The highest BCUT2D eigenvalue weighted by molar-refractivity contribution is 5.99. The lowest BCUT2D eigenvalue weighted by Gasteiger charge is -2.41. The molecule has 3 aliphatic heterocycles. The van der Waals surface area contributed by atoms with E-state index in [1.165, 1.54) is 37.2 Å². The summed E-state index contributed by atoms with van der Waals surface area (Å²) in [5, 5.41) is 6.34. The normalized spacial score (nSPS) is 20.9. The third-order valence-electron chi connectivity index (χ3n) is 6.49. The molecule has 0 bridgehead atoms. The van der Waals surface area contributed by atoms with Crippen molar-refractivity contribution >= 4 is 11.6 Å². The van der Waals surface area contributed by atoms with Crippen molar-refractivity contribution in [3.8, 4) is 11.1 Å². The molecule has 2 fully saturated rings. The van der Waals surface area contributed by atoms with E-state index in [-0.39, 0.29) is 5.91 Å². The summed E-state index contributed by atoms with van der Waals surface area (Å²) in [6.07, 6.45) is 2.50. The number of piperidine rings is 1. The molecule has 28 heavy (non-hydrogen) atoms. The number of nitrogens with one attached hydrogen (secondary N) is 2. The number of fused-ring (bicyclic) bond motifs is 1. The molecule has 3 heterocycles. The molecule has 0 radical (unpaired) electrons. The lowest BCUT2D eigenvalue weighted by molar-refractivity contribution is 0.0966. The first-order valence-electron chi connectivity index (χ1n) is 10.5. The van der Waals surface area contributed by atoms with Gasteiger partial charge in [-0.25, -0.2) is 0 Å². The van der Waals surface area contributed by atoms with Crippen LogP contribution >= 0.6 is 0 Å². The van der Waals surface area contributed by atoms with Crippen molar-refractivity contribution in [3.63, 3.8) is 0 Å². The Hall–Kier alpha value is -2.37. The third-order valence-corrected chi connectivity index (χ3v) is 6.49. The molecular weight excluding hydrogens is 348 g/mol. The number of amides is 1. The summed E-state index contributed by atoms with van der Waals surface area (Å²) in [5.74, 6) is 0.0424. The molecule has 2 N–H and O–H groups in total. The SMILES string of the molecule is O=C1NCc2ccc(-c3ccc(N4CCC(N5CCNCC5)CC4)cc3)cc21. The maximum Gasteiger partial charge on any atom is 0.251 e. The minimum Gasteiger partial charge on any atom is -0.371 e. The predicted octanol–water partition coefficient (Wildman–Crippen LogP) is 2.47. The number of hydrogen-bond donors (Lipinski definition) is 2. The molecule has 0 spiro atoms. The number of nitrogens with zero attached hydrogens (tertiary/aromatic N) is 2. The first kappa shape index (κ1) is 17.7. The van der Waals surface area contributed by atoms with Gasteiger partial charge in [0.1, 0.15) is 0 Å². The van der Waals surface area contributed by atoms with E-state index in [1.54, 1.807) is 0 Å². The molecule has 5 rings (SSSR count). The van der Waals surface area contributed by atoms with Crippen LogP contribution in [0.1, 0.15) is 28.8 Å². The van der Waals surface area contributed by atoms with Gasteiger partial charge in [-0.2, -0.15) is 0 Å². The van der Waals surface area contributed by atoms with E-state index in [1.807, 2.05) is 6.07 Å². The van der Waals surface area contributed by atoms with Crippen LogP contribution in [-0.2, 0) is 6.54 Å². The van der Waals surface area contributed by atoms with Gasteiger partial charge in [0.2, 0.25) is 0 Å². The van der Waals surface area contributed by atoms with Gasteiger partial charge in [-0.15, -0.1) is 0 Å². The summed E-state index contributed by atoms with van der Waals surface area (Å²) < 4.78 is 0. The quantitative estimate of drug-likeness (QED) is 0.864. The van der Waals surface area contributed by atoms with Crippen LogP contribution < -0.4 is 15.5 Å². The zero-order chi connectivity index (χ0) is 18.9. The van der Waals surface area contributed by atoms with Gasteiger partial charge < -0.3 is 15.5 Å².